The van der Waals surface area contributed by atoms with Gasteiger partial charge in [0.05, 0.1) is 0 Å². The van der Waals surface area contributed by atoms with Gasteiger partial charge >= 0.3 is 0 Å². The first-order chi connectivity index (χ1) is 9.10. The maximum atomic E-state index is 13.0. The van der Waals surface area contributed by atoms with Gasteiger partial charge in [0, 0.05) is 16.0 Å². The predicted octanol–water partition coefficient (Wildman–Crippen LogP) is 4.42. The van der Waals surface area contributed by atoms with Crippen LogP contribution in [0.5, 0.6) is 0 Å². The normalized spacial score (nSPS) is 12.4. The van der Waals surface area contributed by atoms with Gasteiger partial charge in [0.2, 0.25) is 0 Å². The highest BCUT2D eigenvalue weighted by atomic mass is 35.5. The second-order valence-corrected chi connectivity index (χ2v) is 5.27. The fraction of sp³-hybridized carbons (Fsp3) is 0.200. The fourth-order valence-corrected chi connectivity index (χ4v) is 2.40. The summed E-state index contributed by atoms with van der Waals surface area (Å²) in [5.41, 5.74) is 7.82. The molecule has 2 aromatic rings. The minimum atomic E-state index is -0.329. The number of benzene rings is 2. The van der Waals surface area contributed by atoms with Gasteiger partial charge in [-0.2, -0.15) is 0 Å². The molecule has 2 N–H and O–H groups in total. The first kappa shape index (κ1) is 14.3. The van der Waals surface area contributed by atoms with Gasteiger partial charge in [-0.25, -0.2) is 4.39 Å². The molecule has 0 aliphatic heterocycles. The Kier molecular flexibility index (Phi) is 4.81. The third kappa shape index (κ3) is 3.69. The van der Waals surface area contributed by atoms with Crippen LogP contribution >= 0.6 is 23.2 Å². The topological polar surface area (TPSA) is 26.0 Å². The van der Waals surface area contributed by atoms with Gasteiger partial charge in [-0.05, 0) is 48.4 Å². The molecular formula is C15H14Cl2FN. The molecule has 1 nitrogen and oxygen atoms in total. The molecule has 0 radical (unpaired) electrons. The van der Waals surface area contributed by atoms with E-state index in [0.29, 0.717) is 23.0 Å². The Morgan fingerprint density at radius 2 is 1.74 bits per heavy atom. The van der Waals surface area contributed by atoms with Crippen molar-refractivity contribution in [3.05, 3.63) is 69.5 Å². The average Bonchev–Trinajstić information content (AvgIpc) is 2.39. The number of rotatable bonds is 4. The van der Waals surface area contributed by atoms with Gasteiger partial charge in [0.15, 0.2) is 0 Å². The lowest BCUT2D eigenvalue weighted by Crippen LogP contribution is -2.15. The van der Waals surface area contributed by atoms with Crippen molar-refractivity contribution in [1.29, 1.82) is 0 Å². The van der Waals surface area contributed by atoms with Crippen molar-refractivity contribution in [2.24, 2.45) is 5.73 Å². The van der Waals surface area contributed by atoms with Crippen LogP contribution in [0.2, 0.25) is 10.0 Å². The zero-order chi connectivity index (χ0) is 13.8. The highest BCUT2D eigenvalue weighted by molar-refractivity contribution is 6.31. The maximum Gasteiger partial charge on any atom is 0.124 e. The summed E-state index contributed by atoms with van der Waals surface area (Å²) in [6.45, 7) is 0.495. The lowest BCUT2D eigenvalue weighted by molar-refractivity contribution is 0.625. The van der Waals surface area contributed by atoms with E-state index >= 15 is 0 Å². The summed E-state index contributed by atoms with van der Waals surface area (Å²) in [6.07, 6.45) is 0.678. The van der Waals surface area contributed by atoms with Crippen LogP contribution < -0.4 is 5.73 Å². The van der Waals surface area contributed by atoms with Crippen LogP contribution in [0.1, 0.15) is 17.0 Å². The molecule has 0 aliphatic carbocycles. The van der Waals surface area contributed by atoms with Crippen LogP contribution in [0.3, 0.4) is 0 Å². The van der Waals surface area contributed by atoms with Gasteiger partial charge < -0.3 is 5.73 Å². The highest BCUT2D eigenvalue weighted by Crippen LogP contribution is 2.26. The van der Waals surface area contributed by atoms with Crippen LogP contribution in [0.15, 0.2) is 42.5 Å². The van der Waals surface area contributed by atoms with E-state index in [4.69, 9.17) is 28.9 Å². The molecule has 0 bridgehead atoms. The Morgan fingerprint density at radius 1 is 1.05 bits per heavy atom. The smallest absolute Gasteiger partial charge is 0.124 e. The van der Waals surface area contributed by atoms with Crippen LogP contribution in [-0.2, 0) is 6.42 Å². The molecule has 1 unspecified atom stereocenters. The van der Waals surface area contributed by atoms with Crippen molar-refractivity contribution in [2.45, 2.75) is 12.3 Å². The lowest BCUT2D eigenvalue weighted by atomic mass is 9.92. The summed E-state index contributed by atoms with van der Waals surface area (Å²) in [6, 6.07) is 12.0. The molecule has 0 saturated carbocycles. The Hall–Kier alpha value is -1.09. The molecule has 1 atom stereocenters. The highest BCUT2D eigenvalue weighted by Gasteiger charge is 2.13. The van der Waals surface area contributed by atoms with E-state index in [9.17, 15) is 4.39 Å². The fourth-order valence-electron chi connectivity index (χ4n) is 2.02. The first-order valence-corrected chi connectivity index (χ1v) is 6.75. The Morgan fingerprint density at radius 3 is 2.32 bits per heavy atom. The van der Waals surface area contributed by atoms with Crippen LogP contribution in [0.25, 0.3) is 0 Å². The van der Waals surface area contributed by atoms with Crippen molar-refractivity contribution in [3.8, 4) is 0 Å². The third-order valence-electron chi connectivity index (χ3n) is 3.11. The summed E-state index contributed by atoms with van der Waals surface area (Å²) >= 11 is 11.9. The summed E-state index contributed by atoms with van der Waals surface area (Å²) in [4.78, 5) is 0. The first-order valence-electron chi connectivity index (χ1n) is 5.99. The number of nitrogens with two attached hydrogens (primary N) is 1. The number of hydrogen-bond acceptors (Lipinski definition) is 1. The minimum Gasteiger partial charge on any atom is -0.330 e. The van der Waals surface area contributed by atoms with Crippen LogP contribution in [0.4, 0.5) is 4.39 Å². The SMILES string of the molecule is NCC(Cc1ccc(F)cc1Cl)c1ccc(Cl)cc1. The Bertz CT molecular complexity index is 555. The molecule has 0 fully saturated rings. The van der Waals surface area contributed by atoms with E-state index in [1.54, 1.807) is 6.07 Å². The van der Waals surface area contributed by atoms with Crippen molar-refractivity contribution in [2.75, 3.05) is 6.54 Å². The summed E-state index contributed by atoms with van der Waals surface area (Å²) in [5.74, 6) is -0.190. The second-order valence-electron chi connectivity index (χ2n) is 4.42. The molecular weight excluding hydrogens is 284 g/mol. The van der Waals surface area contributed by atoms with E-state index in [-0.39, 0.29) is 11.7 Å². The molecule has 0 aromatic heterocycles. The van der Waals surface area contributed by atoms with Crippen molar-refractivity contribution >= 4 is 23.2 Å². The van der Waals surface area contributed by atoms with E-state index in [0.717, 1.165) is 11.1 Å². The molecule has 0 saturated heterocycles. The summed E-state index contributed by atoms with van der Waals surface area (Å²) in [5, 5.41) is 1.13. The van der Waals surface area contributed by atoms with Gasteiger partial charge in [-0.1, -0.05) is 41.4 Å². The Balaban J connectivity index is 2.21. The van der Waals surface area contributed by atoms with Crippen LogP contribution in [-0.4, -0.2) is 6.54 Å². The van der Waals surface area contributed by atoms with Crippen molar-refractivity contribution in [1.82, 2.24) is 0 Å². The molecule has 0 spiro atoms. The molecule has 0 aliphatic rings. The van der Waals surface area contributed by atoms with Gasteiger partial charge in [0.25, 0.3) is 0 Å². The predicted molar refractivity (Wildman–Crippen MR) is 78.4 cm³/mol. The molecule has 2 rings (SSSR count). The average molecular weight is 298 g/mol. The Labute approximate surface area is 122 Å². The van der Waals surface area contributed by atoms with Crippen molar-refractivity contribution in [3.63, 3.8) is 0 Å². The van der Waals surface area contributed by atoms with Gasteiger partial charge in [-0.15, -0.1) is 0 Å². The van der Waals surface area contributed by atoms with E-state index in [1.165, 1.54) is 12.1 Å². The van der Waals surface area contributed by atoms with Gasteiger partial charge in [0.1, 0.15) is 5.82 Å². The minimum absolute atomic E-state index is 0.139. The molecule has 2 aromatic carbocycles. The summed E-state index contributed by atoms with van der Waals surface area (Å²) < 4.78 is 13.0. The summed E-state index contributed by atoms with van der Waals surface area (Å²) in [7, 11) is 0. The monoisotopic (exact) mass is 297 g/mol. The second kappa shape index (κ2) is 6.38. The molecule has 4 heteroatoms. The molecule has 19 heavy (non-hydrogen) atoms. The molecule has 0 amide bonds. The van der Waals surface area contributed by atoms with Gasteiger partial charge in [-0.3, -0.25) is 0 Å². The third-order valence-corrected chi connectivity index (χ3v) is 3.71. The zero-order valence-electron chi connectivity index (χ0n) is 10.2. The number of hydrogen-bond donors (Lipinski definition) is 1. The zero-order valence-corrected chi connectivity index (χ0v) is 11.8. The van der Waals surface area contributed by atoms with E-state index in [1.807, 2.05) is 24.3 Å². The maximum absolute atomic E-state index is 13.0. The standard InChI is InChI=1S/C15H14Cl2FN/c16-13-4-1-10(2-5-13)12(9-19)7-11-3-6-14(18)8-15(11)17/h1-6,8,12H,7,9,19H2. The van der Waals surface area contributed by atoms with Crippen LogP contribution in [0, 0.1) is 5.82 Å². The quantitative estimate of drug-likeness (QED) is 0.888. The molecule has 0 heterocycles. The number of halogens is 3. The lowest BCUT2D eigenvalue weighted by Gasteiger charge is -2.16. The van der Waals surface area contributed by atoms with E-state index < -0.39 is 0 Å². The largest absolute Gasteiger partial charge is 0.330 e. The van der Waals surface area contributed by atoms with E-state index in [2.05, 4.69) is 0 Å². The van der Waals surface area contributed by atoms with Crippen molar-refractivity contribution < 1.29 is 4.39 Å². The molecule has 100 valence electrons.